The lowest BCUT2D eigenvalue weighted by atomic mass is 10.0. The molecule has 1 nitrogen and oxygen atoms in total. The molecular weight excluding hydrogens is 194 g/mol. The first-order chi connectivity index (χ1) is 7.48. The average Bonchev–Trinajstić information content (AvgIpc) is 2.20. The summed E-state index contributed by atoms with van der Waals surface area (Å²) in [5.74, 6) is 0. The second-order valence-corrected chi connectivity index (χ2v) is 5.95. The number of hydrogen-bond donors (Lipinski definition) is 0. The number of allylic oxidation sites excluding steroid dienone is 1. The van der Waals surface area contributed by atoms with E-state index < -0.39 is 0 Å². The maximum atomic E-state index is 3.75. The van der Waals surface area contributed by atoms with Gasteiger partial charge >= 0.3 is 0 Å². The molecule has 0 bridgehead atoms. The monoisotopic (exact) mass is 226 g/mol. The second-order valence-electron chi connectivity index (χ2n) is 5.95. The Balaban J connectivity index is 3.24. The molecule has 1 heteroatoms. The Morgan fingerprint density at radius 2 is 1.44 bits per heavy atom. The number of nitrogens with zero attached hydrogens (tertiary/aromatic N) is 1. The van der Waals surface area contributed by atoms with Crippen molar-refractivity contribution in [2.24, 2.45) is 0 Å². The van der Waals surface area contributed by atoms with Crippen molar-refractivity contribution in [1.29, 1.82) is 0 Å². The summed E-state index contributed by atoms with van der Waals surface area (Å²) in [6, 6.07) is 0.792. The van der Waals surface area contributed by atoms with Gasteiger partial charge in [-0.1, -0.05) is 31.8 Å². The van der Waals surface area contributed by atoms with Crippen LogP contribution in [-0.4, -0.2) is 31.7 Å². The van der Waals surface area contributed by atoms with Crippen LogP contribution in [0.3, 0.4) is 0 Å². The smallest absolute Gasteiger partial charge is 0.0855 e. The number of hydrogen-bond acceptors (Lipinski definition) is 0. The zero-order valence-electron chi connectivity index (χ0n) is 12.0. The van der Waals surface area contributed by atoms with E-state index in [4.69, 9.17) is 0 Å². The van der Waals surface area contributed by atoms with Gasteiger partial charge in [0, 0.05) is 0 Å². The molecule has 1 atom stereocenters. The van der Waals surface area contributed by atoms with E-state index >= 15 is 0 Å². The molecule has 0 aliphatic heterocycles. The van der Waals surface area contributed by atoms with Gasteiger partial charge in [-0.3, -0.25) is 0 Å². The van der Waals surface area contributed by atoms with Crippen LogP contribution in [0.4, 0.5) is 0 Å². The largest absolute Gasteiger partial charge is 0.329 e. The summed E-state index contributed by atoms with van der Waals surface area (Å²) in [6.45, 7) is 6.11. The van der Waals surface area contributed by atoms with Crippen LogP contribution in [0.2, 0.25) is 0 Å². The molecule has 16 heavy (non-hydrogen) atoms. The van der Waals surface area contributed by atoms with Gasteiger partial charge in [0.1, 0.15) is 0 Å². The van der Waals surface area contributed by atoms with Gasteiger partial charge in [0.05, 0.1) is 27.2 Å². The summed E-state index contributed by atoms with van der Waals surface area (Å²) >= 11 is 0. The van der Waals surface area contributed by atoms with Crippen LogP contribution in [0.25, 0.3) is 0 Å². The van der Waals surface area contributed by atoms with E-state index in [9.17, 15) is 0 Å². The second kappa shape index (κ2) is 8.81. The molecule has 0 N–H and O–H groups in total. The lowest BCUT2D eigenvalue weighted by Crippen LogP contribution is -2.43. The van der Waals surface area contributed by atoms with Gasteiger partial charge in [0.2, 0.25) is 0 Å². The van der Waals surface area contributed by atoms with E-state index in [0.29, 0.717) is 0 Å². The zero-order valence-corrected chi connectivity index (χ0v) is 12.0. The Hall–Kier alpha value is -0.300. The molecular formula is C15H32N+. The normalized spacial score (nSPS) is 13.8. The summed E-state index contributed by atoms with van der Waals surface area (Å²) in [4.78, 5) is 0. The van der Waals surface area contributed by atoms with Crippen molar-refractivity contribution >= 4 is 0 Å². The molecule has 0 saturated heterocycles. The molecule has 0 saturated carbocycles. The minimum atomic E-state index is 0.792. The fourth-order valence-electron chi connectivity index (χ4n) is 1.82. The third kappa shape index (κ3) is 8.96. The summed E-state index contributed by atoms with van der Waals surface area (Å²) in [7, 11) is 6.87. The molecule has 1 unspecified atom stereocenters. The van der Waals surface area contributed by atoms with Gasteiger partial charge in [-0.2, -0.15) is 0 Å². The van der Waals surface area contributed by atoms with Crippen LogP contribution in [0.1, 0.15) is 58.3 Å². The Labute approximate surface area is 103 Å². The number of rotatable bonds is 10. The van der Waals surface area contributed by atoms with E-state index in [-0.39, 0.29) is 0 Å². The van der Waals surface area contributed by atoms with Crippen LogP contribution >= 0.6 is 0 Å². The highest BCUT2D eigenvalue weighted by atomic mass is 15.3. The fraction of sp³-hybridized carbons (Fsp3) is 0.867. The molecule has 0 amide bonds. The van der Waals surface area contributed by atoms with Gasteiger partial charge in [0.15, 0.2) is 0 Å². The first-order valence-corrected chi connectivity index (χ1v) is 6.90. The Bertz CT molecular complexity index is 167. The lowest BCUT2D eigenvalue weighted by Gasteiger charge is -2.31. The van der Waals surface area contributed by atoms with E-state index in [2.05, 4.69) is 34.6 Å². The third-order valence-corrected chi connectivity index (χ3v) is 3.60. The van der Waals surface area contributed by atoms with Crippen LogP contribution in [0.5, 0.6) is 0 Å². The van der Waals surface area contributed by atoms with E-state index in [1.807, 2.05) is 6.08 Å². The molecule has 0 radical (unpaired) electrons. The molecule has 0 heterocycles. The number of quaternary nitrogens is 1. The Kier molecular flexibility index (Phi) is 8.64. The van der Waals surface area contributed by atoms with E-state index in [0.717, 1.165) is 10.5 Å². The predicted octanol–water partition coefficient (Wildman–Crippen LogP) is 4.39. The molecule has 0 aliphatic carbocycles. The highest BCUT2D eigenvalue weighted by Gasteiger charge is 2.16. The van der Waals surface area contributed by atoms with Gasteiger partial charge in [-0.25, -0.2) is 0 Å². The molecule has 96 valence electrons. The number of unbranched alkanes of at least 4 members (excludes halogenated alkanes) is 6. The molecule has 0 aromatic carbocycles. The van der Waals surface area contributed by atoms with Crippen molar-refractivity contribution in [3.8, 4) is 0 Å². The first kappa shape index (κ1) is 15.7. The predicted molar refractivity (Wildman–Crippen MR) is 74.6 cm³/mol. The standard InChI is InChI=1S/C15H32N/c1-6-7-8-9-10-11-12-13-14-15(2)16(3,4)5/h6,15H,1,7-14H2,2-5H3/q+1. The summed E-state index contributed by atoms with van der Waals surface area (Å²) in [5, 5.41) is 0. The van der Waals surface area contributed by atoms with Crippen molar-refractivity contribution in [2.75, 3.05) is 21.1 Å². The highest BCUT2D eigenvalue weighted by molar-refractivity contribution is 4.65. The van der Waals surface area contributed by atoms with Crippen LogP contribution in [0, 0.1) is 0 Å². The maximum Gasteiger partial charge on any atom is 0.0855 e. The average molecular weight is 226 g/mol. The molecule has 0 rings (SSSR count). The first-order valence-electron chi connectivity index (χ1n) is 6.90. The Morgan fingerprint density at radius 1 is 0.938 bits per heavy atom. The van der Waals surface area contributed by atoms with Crippen molar-refractivity contribution in [2.45, 2.75) is 64.3 Å². The van der Waals surface area contributed by atoms with Crippen LogP contribution in [-0.2, 0) is 0 Å². The van der Waals surface area contributed by atoms with Crippen molar-refractivity contribution in [3.63, 3.8) is 0 Å². The van der Waals surface area contributed by atoms with E-state index in [1.54, 1.807) is 0 Å². The fourth-order valence-corrected chi connectivity index (χ4v) is 1.82. The van der Waals surface area contributed by atoms with Gasteiger partial charge in [-0.15, -0.1) is 6.58 Å². The van der Waals surface area contributed by atoms with Crippen LogP contribution < -0.4 is 0 Å². The molecule has 0 aromatic heterocycles. The molecule has 0 aromatic rings. The summed E-state index contributed by atoms with van der Waals surface area (Å²) < 4.78 is 1.10. The van der Waals surface area contributed by atoms with Crippen molar-refractivity contribution < 1.29 is 4.48 Å². The van der Waals surface area contributed by atoms with E-state index in [1.165, 1.54) is 51.4 Å². The lowest BCUT2D eigenvalue weighted by molar-refractivity contribution is -0.894. The zero-order chi connectivity index (χ0) is 12.4. The summed E-state index contributed by atoms with van der Waals surface area (Å²) in [5.41, 5.74) is 0. The minimum absolute atomic E-state index is 0.792. The molecule has 0 aliphatic rings. The Morgan fingerprint density at radius 3 is 1.94 bits per heavy atom. The highest BCUT2D eigenvalue weighted by Crippen LogP contribution is 2.13. The quantitative estimate of drug-likeness (QED) is 0.294. The molecule has 0 fully saturated rings. The van der Waals surface area contributed by atoms with Crippen LogP contribution in [0.15, 0.2) is 12.7 Å². The van der Waals surface area contributed by atoms with Gasteiger partial charge < -0.3 is 4.48 Å². The third-order valence-electron chi connectivity index (χ3n) is 3.60. The van der Waals surface area contributed by atoms with Gasteiger partial charge in [0.25, 0.3) is 0 Å². The maximum absolute atomic E-state index is 3.75. The van der Waals surface area contributed by atoms with Gasteiger partial charge in [-0.05, 0) is 32.6 Å². The van der Waals surface area contributed by atoms with Crippen molar-refractivity contribution in [3.05, 3.63) is 12.7 Å². The van der Waals surface area contributed by atoms with Crippen molar-refractivity contribution in [1.82, 2.24) is 0 Å². The summed E-state index contributed by atoms with van der Waals surface area (Å²) in [6.07, 6.45) is 13.0. The minimum Gasteiger partial charge on any atom is -0.329 e. The SMILES string of the molecule is C=CCCCCCCCCC(C)[N+](C)(C)C. The topological polar surface area (TPSA) is 0 Å². The molecule has 0 spiro atoms.